The van der Waals surface area contributed by atoms with Gasteiger partial charge in [0, 0.05) is 39.3 Å². The quantitative estimate of drug-likeness (QED) is 0.393. The van der Waals surface area contributed by atoms with Gasteiger partial charge in [-0.25, -0.2) is 0 Å². The van der Waals surface area contributed by atoms with E-state index in [0.29, 0.717) is 26.1 Å². The number of rotatable bonds is 9. The number of ether oxygens (including phenoxy) is 1. The maximum atomic E-state index is 11.4. The minimum Gasteiger partial charge on any atom is -0.481 e. The van der Waals surface area contributed by atoms with E-state index in [1.54, 1.807) is 9.80 Å². The molecule has 0 aliphatic carbocycles. The summed E-state index contributed by atoms with van der Waals surface area (Å²) in [5.41, 5.74) is 0. The summed E-state index contributed by atoms with van der Waals surface area (Å²) in [6.45, 7) is 2.04. The molecule has 11 nitrogen and oxygen atoms in total. The van der Waals surface area contributed by atoms with Gasteiger partial charge in [-0.3, -0.25) is 33.9 Å². The molecule has 1 heterocycles. The van der Waals surface area contributed by atoms with Crippen molar-refractivity contribution in [1.82, 2.24) is 14.7 Å². The van der Waals surface area contributed by atoms with Crippen LogP contribution in [0.3, 0.4) is 0 Å². The van der Waals surface area contributed by atoms with Crippen LogP contribution >= 0.6 is 0 Å². The molecule has 142 valence electrons. The van der Waals surface area contributed by atoms with Crippen LogP contribution in [0.1, 0.15) is 6.42 Å². The Labute approximate surface area is 144 Å². The van der Waals surface area contributed by atoms with Crippen molar-refractivity contribution in [3.05, 3.63) is 0 Å². The highest BCUT2D eigenvalue weighted by atomic mass is 16.5. The fourth-order valence-electron chi connectivity index (χ4n) is 2.62. The Hall–Kier alpha value is -2.24. The van der Waals surface area contributed by atoms with Crippen LogP contribution < -0.4 is 0 Å². The molecule has 1 aliphatic heterocycles. The zero-order chi connectivity index (χ0) is 18.8. The number of aliphatic carboxylic acids is 3. The third-order valence-electron chi connectivity index (χ3n) is 3.92. The molecule has 0 aromatic rings. The Morgan fingerprint density at radius 1 is 0.920 bits per heavy atom. The van der Waals surface area contributed by atoms with E-state index < -0.39 is 30.4 Å². The lowest BCUT2D eigenvalue weighted by molar-refractivity contribution is -0.150. The molecule has 0 aromatic carbocycles. The lowest BCUT2D eigenvalue weighted by Gasteiger charge is -2.29. The average molecular weight is 361 g/mol. The van der Waals surface area contributed by atoms with Crippen LogP contribution in [0.5, 0.6) is 0 Å². The summed E-state index contributed by atoms with van der Waals surface area (Å²) >= 11 is 0. The molecule has 1 aliphatic rings. The molecule has 0 radical (unpaired) electrons. The molecule has 0 spiro atoms. The second-order valence-corrected chi connectivity index (χ2v) is 5.67. The Kier molecular flexibility index (Phi) is 8.81. The van der Waals surface area contributed by atoms with E-state index in [9.17, 15) is 24.3 Å². The van der Waals surface area contributed by atoms with Crippen LogP contribution in [-0.2, 0) is 23.9 Å². The van der Waals surface area contributed by atoms with Gasteiger partial charge in [0.2, 0.25) is 0 Å². The molecule has 0 saturated carbocycles. The maximum Gasteiger partial charge on any atom is 0.321 e. The molecule has 3 N–H and O–H groups in total. The van der Waals surface area contributed by atoms with Crippen molar-refractivity contribution in [2.24, 2.45) is 0 Å². The van der Waals surface area contributed by atoms with Crippen molar-refractivity contribution < 1.29 is 39.2 Å². The highest BCUT2D eigenvalue weighted by Crippen LogP contribution is 2.09. The topological polar surface area (TPSA) is 148 Å². The van der Waals surface area contributed by atoms with E-state index in [2.05, 4.69) is 0 Å². The zero-order valence-corrected chi connectivity index (χ0v) is 13.7. The van der Waals surface area contributed by atoms with Crippen molar-refractivity contribution in [2.45, 2.75) is 12.5 Å². The van der Waals surface area contributed by atoms with Crippen molar-refractivity contribution >= 4 is 24.4 Å². The smallest absolute Gasteiger partial charge is 0.321 e. The van der Waals surface area contributed by atoms with Gasteiger partial charge >= 0.3 is 17.9 Å². The highest BCUT2D eigenvalue weighted by molar-refractivity contribution is 5.80. The molecular weight excluding hydrogens is 338 g/mol. The van der Waals surface area contributed by atoms with Crippen LogP contribution in [0, 0.1) is 0 Å². The van der Waals surface area contributed by atoms with Gasteiger partial charge in [0.05, 0.1) is 13.0 Å². The predicted octanol–water partition coefficient (Wildman–Crippen LogP) is -1.95. The second kappa shape index (κ2) is 10.6. The Bertz CT molecular complexity index is 487. The minimum atomic E-state index is -1.25. The molecule has 1 unspecified atom stereocenters. The molecule has 1 saturated heterocycles. The van der Waals surface area contributed by atoms with Gasteiger partial charge in [-0.1, -0.05) is 0 Å². The first-order chi connectivity index (χ1) is 11.8. The van der Waals surface area contributed by atoms with E-state index in [1.165, 1.54) is 4.90 Å². The second-order valence-electron chi connectivity index (χ2n) is 5.67. The summed E-state index contributed by atoms with van der Waals surface area (Å²) in [5, 5.41) is 27.2. The monoisotopic (exact) mass is 361 g/mol. The van der Waals surface area contributed by atoms with E-state index in [0.717, 1.165) is 0 Å². The van der Waals surface area contributed by atoms with Gasteiger partial charge in [0.15, 0.2) is 0 Å². The summed E-state index contributed by atoms with van der Waals surface area (Å²) in [4.78, 5) is 48.6. The third-order valence-corrected chi connectivity index (χ3v) is 3.92. The predicted molar refractivity (Wildman–Crippen MR) is 82.9 cm³/mol. The van der Waals surface area contributed by atoms with Crippen molar-refractivity contribution in [3.63, 3.8) is 0 Å². The fourth-order valence-corrected chi connectivity index (χ4v) is 2.62. The highest BCUT2D eigenvalue weighted by Gasteiger charge is 2.29. The van der Waals surface area contributed by atoms with Gasteiger partial charge in [-0.15, -0.1) is 0 Å². The lowest BCUT2D eigenvalue weighted by atomic mass is 10.1. The van der Waals surface area contributed by atoms with Crippen LogP contribution in [-0.4, -0.2) is 113 Å². The molecule has 11 heteroatoms. The summed E-state index contributed by atoms with van der Waals surface area (Å²) < 4.78 is 4.72. The number of carbonyl (C=O) groups is 4. The van der Waals surface area contributed by atoms with Crippen molar-refractivity contribution in [1.29, 1.82) is 0 Å². The summed E-state index contributed by atoms with van der Waals surface area (Å²) in [7, 11) is 0. The summed E-state index contributed by atoms with van der Waals surface area (Å²) in [5.74, 6) is -3.49. The van der Waals surface area contributed by atoms with Gasteiger partial charge < -0.3 is 20.1 Å². The van der Waals surface area contributed by atoms with Crippen LogP contribution in [0.15, 0.2) is 0 Å². The van der Waals surface area contributed by atoms with Crippen molar-refractivity contribution in [2.75, 3.05) is 52.5 Å². The van der Waals surface area contributed by atoms with E-state index in [1.807, 2.05) is 0 Å². The number of carboxylic acid groups (broad SMARTS) is 3. The molecule has 1 fully saturated rings. The SMILES string of the molecule is O=COCN1CCN(CC(=O)O)CCN(C(CC(=O)O)C(=O)O)CC1. The molecule has 0 amide bonds. The zero-order valence-electron chi connectivity index (χ0n) is 13.7. The average Bonchev–Trinajstić information content (AvgIpc) is 2.61. The van der Waals surface area contributed by atoms with Crippen LogP contribution in [0.2, 0.25) is 0 Å². The summed E-state index contributed by atoms with van der Waals surface area (Å²) in [6.07, 6.45) is -0.556. The number of nitrogens with zero attached hydrogens (tertiary/aromatic N) is 3. The van der Waals surface area contributed by atoms with Crippen LogP contribution in [0.4, 0.5) is 0 Å². The Morgan fingerprint density at radius 3 is 2.00 bits per heavy atom. The molecule has 1 rings (SSSR count). The van der Waals surface area contributed by atoms with E-state index in [-0.39, 0.29) is 32.9 Å². The number of hydrogen-bond acceptors (Lipinski definition) is 8. The molecular formula is C14H23N3O8. The Balaban J connectivity index is 2.88. The molecule has 0 aromatic heterocycles. The van der Waals surface area contributed by atoms with Gasteiger partial charge in [0.25, 0.3) is 6.47 Å². The third kappa shape index (κ3) is 7.92. The number of carboxylic acids is 3. The van der Waals surface area contributed by atoms with E-state index >= 15 is 0 Å². The molecule has 0 bridgehead atoms. The first kappa shape index (κ1) is 20.8. The fraction of sp³-hybridized carbons (Fsp3) is 0.714. The summed E-state index contributed by atoms with van der Waals surface area (Å²) in [6, 6.07) is -1.21. The standard InChI is InChI=1S/C14H23N3O8/c18-10-25-9-16-2-1-15(8-13(21)22)3-5-17(6-4-16)11(14(23)24)7-12(19)20/h10-11H,1-9H2,(H,19,20)(H,21,22)(H,23,24). The van der Waals surface area contributed by atoms with Gasteiger partial charge in [-0.2, -0.15) is 0 Å². The van der Waals surface area contributed by atoms with E-state index in [4.69, 9.17) is 14.9 Å². The largest absolute Gasteiger partial charge is 0.481 e. The van der Waals surface area contributed by atoms with Crippen molar-refractivity contribution in [3.8, 4) is 0 Å². The first-order valence-electron chi connectivity index (χ1n) is 7.74. The minimum absolute atomic E-state index is 0.00504. The van der Waals surface area contributed by atoms with Crippen LogP contribution in [0.25, 0.3) is 0 Å². The Morgan fingerprint density at radius 2 is 1.48 bits per heavy atom. The van der Waals surface area contributed by atoms with Gasteiger partial charge in [-0.05, 0) is 0 Å². The van der Waals surface area contributed by atoms with Gasteiger partial charge in [0.1, 0.15) is 12.8 Å². The normalized spacial score (nSPS) is 19.2. The maximum absolute atomic E-state index is 11.4. The number of carbonyl (C=O) groups excluding carboxylic acids is 1. The lowest BCUT2D eigenvalue weighted by Crippen LogP contribution is -2.47. The molecule has 1 atom stereocenters. The first-order valence-corrected chi connectivity index (χ1v) is 7.74. The molecule has 25 heavy (non-hydrogen) atoms. The number of hydrogen-bond donors (Lipinski definition) is 3.